The van der Waals surface area contributed by atoms with Gasteiger partial charge in [0, 0.05) is 32.7 Å². The predicted molar refractivity (Wildman–Crippen MR) is 98.0 cm³/mol. The van der Waals surface area contributed by atoms with Crippen LogP contribution < -0.4 is 0 Å². The first kappa shape index (κ1) is 16.7. The molecule has 0 unspecified atom stereocenters. The van der Waals surface area contributed by atoms with Gasteiger partial charge >= 0.3 is 0 Å². The maximum Gasteiger partial charge on any atom is 0.111 e. The fourth-order valence-electron chi connectivity index (χ4n) is 2.42. The van der Waals surface area contributed by atoms with Crippen molar-refractivity contribution in [3.8, 4) is 11.3 Å². The minimum Gasteiger partial charge on any atom is -0.345 e. The molecule has 3 rings (SSSR count). The van der Waals surface area contributed by atoms with Crippen LogP contribution in [0.3, 0.4) is 0 Å². The van der Waals surface area contributed by atoms with Crippen LogP contribution in [-0.2, 0) is 6.42 Å². The minimum absolute atomic E-state index is 0.511. The molecule has 23 heavy (non-hydrogen) atoms. The number of rotatable bonds is 3. The first-order valence-corrected chi connectivity index (χ1v) is 8.40. The Kier molecular flexibility index (Phi) is 4.88. The average Bonchev–Trinajstić information content (AvgIpc) is 2.86. The normalized spacial score (nSPS) is 11.0. The van der Waals surface area contributed by atoms with Crippen molar-refractivity contribution in [3.63, 3.8) is 0 Å². The summed E-state index contributed by atoms with van der Waals surface area (Å²) in [5.74, 6) is 0.767. The molecule has 1 heterocycles. The monoisotopic (exact) mass is 384 g/mol. The van der Waals surface area contributed by atoms with Gasteiger partial charge in [-0.3, -0.25) is 0 Å². The van der Waals surface area contributed by atoms with Gasteiger partial charge in [0.15, 0.2) is 0 Å². The van der Waals surface area contributed by atoms with Crippen LogP contribution in [0.1, 0.15) is 17.1 Å². The Bertz CT molecular complexity index is 851. The summed E-state index contributed by atoms with van der Waals surface area (Å²) in [6, 6.07) is 10.8. The highest BCUT2D eigenvalue weighted by Crippen LogP contribution is 2.32. The van der Waals surface area contributed by atoms with Crippen molar-refractivity contribution in [3.05, 3.63) is 73.6 Å². The van der Waals surface area contributed by atoms with Gasteiger partial charge < -0.3 is 4.98 Å². The Morgan fingerprint density at radius 2 is 1.65 bits per heavy atom. The van der Waals surface area contributed by atoms with Crippen LogP contribution in [0.4, 0.5) is 0 Å². The van der Waals surface area contributed by atoms with Gasteiger partial charge in [0.1, 0.15) is 5.82 Å². The van der Waals surface area contributed by atoms with Crippen LogP contribution in [-0.4, -0.2) is 9.97 Å². The highest BCUT2D eigenvalue weighted by molar-refractivity contribution is 6.36. The maximum absolute atomic E-state index is 6.27. The molecule has 2 nitrogen and oxygen atoms in total. The zero-order valence-corrected chi connectivity index (χ0v) is 15.2. The summed E-state index contributed by atoms with van der Waals surface area (Å²) in [4.78, 5) is 7.91. The Morgan fingerprint density at radius 3 is 2.35 bits per heavy atom. The molecule has 0 fully saturated rings. The number of aryl methyl sites for hydroxylation is 1. The standard InChI is InChI=1S/C17H12Cl4N2/c1-9-17(12-7-10(18)5-6-15(12)21)23-16(22-9)8-11-13(19)3-2-4-14(11)20/h2-7H,8H2,1H3,(H,22,23). The molecular weight excluding hydrogens is 374 g/mol. The molecule has 0 aliphatic carbocycles. The molecule has 0 radical (unpaired) electrons. The van der Waals surface area contributed by atoms with Crippen molar-refractivity contribution in [2.45, 2.75) is 13.3 Å². The minimum atomic E-state index is 0.511. The molecule has 0 amide bonds. The van der Waals surface area contributed by atoms with Crippen LogP contribution in [0, 0.1) is 6.92 Å². The summed E-state index contributed by atoms with van der Waals surface area (Å²) >= 11 is 24.8. The SMILES string of the molecule is Cc1[nH]c(Cc2c(Cl)cccc2Cl)nc1-c1cc(Cl)ccc1Cl. The Labute approximate surface area is 154 Å². The third-order valence-electron chi connectivity index (χ3n) is 3.52. The van der Waals surface area contributed by atoms with E-state index in [1.165, 1.54) is 0 Å². The summed E-state index contributed by atoms with van der Waals surface area (Å²) in [6.45, 7) is 1.94. The molecule has 0 atom stereocenters. The summed E-state index contributed by atoms with van der Waals surface area (Å²) in [5, 5.41) is 2.46. The number of aromatic nitrogens is 2. The van der Waals surface area contributed by atoms with Gasteiger partial charge in [0.2, 0.25) is 0 Å². The van der Waals surface area contributed by atoms with E-state index in [0.717, 1.165) is 28.3 Å². The van der Waals surface area contributed by atoms with Crippen LogP contribution in [0.25, 0.3) is 11.3 Å². The molecule has 1 aromatic heterocycles. The number of imidazole rings is 1. The van der Waals surface area contributed by atoms with E-state index in [0.29, 0.717) is 26.5 Å². The van der Waals surface area contributed by atoms with Crippen molar-refractivity contribution in [2.75, 3.05) is 0 Å². The van der Waals surface area contributed by atoms with Crippen molar-refractivity contribution < 1.29 is 0 Å². The second-order valence-corrected chi connectivity index (χ2v) is 6.82. The Morgan fingerprint density at radius 1 is 0.957 bits per heavy atom. The fraction of sp³-hybridized carbons (Fsp3) is 0.118. The smallest absolute Gasteiger partial charge is 0.111 e. The lowest BCUT2D eigenvalue weighted by molar-refractivity contribution is 1.02. The summed E-state index contributed by atoms with van der Waals surface area (Å²) in [7, 11) is 0. The fourth-order valence-corrected chi connectivity index (χ4v) is 3.33. The molecule has 0 spiro atoms. The predicted octanol–water partition coefficient (Wildman–Crippen LogP) is 6.59. The van der Waals surface area contributed by atoms with E-state index in [4.69, 9.17) is 46.4 Å². The molecule has 2 aromatic carbocycles. The van der Waals surface area contributed by atoms with E-state index in [9.17, 15) is 0 Å². The lowest BCUT2D eigenvalue weighted by Crippen LogP contribution is -1.93. The first-order chi connectivity index (χ1) is 11.0. The van der Waals surface area contributed by atoms with E-state index < -0.39 is 0 Å². The lowest BCUT2D eigenvalue weighted by Gasteiger charge is -2.04. The molecule has 1 N–H and O–H groups in total. The van der Waals surface area contributed by atoms with E-state index in [2.05, 4.69) is 9.97 Å². The maximum atomic E-state index is 6.27. The van der Waals surface area contributed by atoms with Gasteiger partial charge in [-0.05, 0) is 42.8 Å². The number of hydrogen-bond donors (Lipinski definition) is 1. The largest absolute Gasteiger partial charge is 0.345 e. The average molecular weight is 386 g/mol. The number of nitrogens with one attached hydrogen (secondary N) is 1. The molecular formula is C17H12Cl4N2. The van der Waals surface area contributed by atoms with Crippen molar-refractivity contribution >= 4 is 46.4 Å². The van der Waals surface area contributed by atoms with Crippen LogP contribution >= 0.6 is 46.4 Å². The highest BCUT2D eigenvalue weighted by Gasteiger charge is 2.15. The number of nitrogens with zero attached hydrogens (tertiary/aromatic N) is 1. The van der Waals surface area contributed by atoms with Gasteiger partial charge in [-0.2, -0.15) is 0 Å². The van der Waals surface area contributed by atoms with Gasteiger partial charge in [-0.15, -0.1) is 0 Å². The molecule has 6 heteroatoms. The second-order valence-electron chi connectivity index (χ2n) is 5.16. The topological polar surface area (TPSA) is 28.7 Å². The van der Waals surface area contributed by atoms with Gasteiger partial charge in [0.25, 0.3) is 0 Å². The zero-order chi connectivity index (χ0) is 16.6. The molecule has 3 aromatic rings. The highest BCUT2D eigenvalue weighted by atomic mass is 35.5. The molecule has 0 bridgehead atoms. The third kappa shape index (κ3) is 3.51. The summed E-state index contributed by atoms with van der Waals surface area (Å²) in [5.41, 5.74) is 3.32. The molecule has 0 saturated carbocycles. The van der Waals surface area contributed by atoms with E-state index in [-0.39, 0.29) is 0 Å². The van der Waals surface area contributed by atoms with Crippen molar-refractivity contribution in [1.82, 2.24) is 9.97 Å². The van der Waals surface area contributed by atoms with E-state index in [1.807, 2.05) is 25.1 Å². The van der Waals surface area contributed by atoms with Crippen LogP contribution in [0.5, 0.6) is 0 Å². The van der Waals surface area contributed by atoms with Gasteiger partial charge in [0.05, 0.1) is 10.7 Å². The third-order valence-corrected chi connectivity index (χ3v) is 4.80. The summed E-state index contributed by atoms with van der Waals surface area (Å²) < 4.78 is 0. The molecule has 0 saturated heterocycles. The second kappa shape index (κ2) is 6.74. The van der Waals surface area contributed by atoms with Crippen molar-refractivity contribution in [2.24, 2.45) is 0 Å². The number of benzene rings is 2. The van der Waals surface area contributed by atoms with E-state index >= 15 is 0 Å². The van der Waals surface area contributed by atoms with Gasteiger partial charge in [-0.25, -0.2) is 4.98 Å². The lowest BCUT2D eigenvalue weighted by atomic mass is 10.1. The van der Waals surface area contributed by atoms with E-state index in [1.54, 1.807) is 18.2 Å². The number of hydrogen-bond acceptors (Lipinski definition) is 1. The quantitative estimate of drug-likeness (QED) is 0.541. The molecule has 118 valence electrons. The molecule has 0 aliphatic heterocycles. The Hall–Kier alpha value is -1.19. The number of halogens is 4. The Balaban J connectivity index is 2.00. The van der Waals surface area contributed by atoms with Crippen LogP contribution in [0.15, 0.2) is 36.4 Å². The van der Waals surface area contributed by atoms with Crippen molar-refractivity contribution in [1.29, 1.82) is 0 Å². The first-order valence-electron chi connectivity index (χ1n) is 6.89. The van der Waals surface area contributed by atoms with Gasteiger partial charge in [-0.1, -0.05) is 52.5 Å². The van der Waals surface area contributed by atoms with Crippen LogP contribution in [0.2, 0.25) is 20.1 Å². The zero-order valence-electron chi connectivity index (χ0n) is 12.1. The number of aromatic amines is 1. The summed E-state index contributed by atoms with van der Waals surface area (Å²) in [6.07, 6.45) is 0.511. The molecule has 0 aliphatic rings. The number of H-pyrrole nitrogens is 1.